The highest BCUT2D eigenvalue weighted by atomic mass is 15.4. The van der Waals surface area contributed by atoms with Crippen molar-refractivity contribution in [2.75, 3.05) is 11.6 Å². The molecule has 1 aliphatic rings. The van der Waals surface area contributed by atoms with Gasteiger partial charge < -0.3 is 9.80 Å². The Bertz CT molecular complexity index is 623. The van der Waals surface area contributed by atoms with Gasteiger partial charge in [-0.1, -0.05) is 18.2 Å². The molecule has 0 radical (unpaired) electrons. The van der Waals surface area contributed by atoms with Crippen molar-refractivity contribution in [3.8, 4) is 0 Å². The standard InChI is InChI=1S/C15H19N5/c1-15(2,3)20-10-19(11-7-5-4-6-8-11)14-12(13(20)16)9-17-18-14/h4-9,16H,10H2,1-3H3,(H,17,18). The number of benzene rings is 1. The molecule has 0 aliphatic carbocycles. The number of fused-ring (bicyclic) bond motifs is 1. The highest BCUT2D eigenvalue weighted by Gasteiger charge is 2.34. The van der Waals surface area contributed by atoms with Crippen molar-refractivity contribution in [2.45, 2.75) is 26.3 Å². The van der Waals surface area contributed by atoms with Gasteiger partial charge in [-0.05, 0) is 32.9 Å². The molecule has 3 rings (SSSR count). The first kappa shape index (κ1) is 12.7. The van der Waals surface area contributed by atoms with Gasteiger partial charge in [0.05, 0.1) is 18.4 Å². The average Bonchev–Trinajstić information content (AvgIpc) is 2.88. The molecule has 2 N–H and O–H groups in total. The Morgan fingerprint density at radius 3 is 2.55 bits per heavy atom. The summed E-state index contributed by atoms with van der Waals surface area (Å²) in [7, 11) is 0. The quantitative estimate of drug-likeness (QED) is 0.836. The number of aromatic nitrogens is 2. The van der Waals surface area contributed by atoms with Crippen molar-refractivity contribution >= 4 is 17.3 Å². The molecule has 1 aromatic carbocycles. The normalized spacial score (nSPS) is 15.4. The molecule has 0 atom stereocenters. The Balaban J connectivity index is 2.09. The second-order valence-electron chi connectivity index (χ2n) is 5.98. The minimum absolute atomic E-state index is 0.112. The van der Waals surface area contributed by atoms with E-state index in [4.69, 9.17) is 5.41 Å². The van der Waals surface area contributed by atoms with Crippen LogP contribution in [0.5, 0.6) is 0 Å². The summed E-state index contributed by atoms with van der Waals surface area (Å²) in [6.45, 7) is 7.00. The molecule has 5 heteroatoms. The van der Waals surface area contributed by atoms with Crippen LogP contribution in [-0.4, -0.2) is 33.1 Å². The molecule has 0 amide bonds. The van der Waals surface area contributed by atoms with Crippen molar-refractivity contribution in [3.05, 3.63) is 42.1 Å². The van der Waals surface area contributed by atoms with Crippen LogP contribution in [0.15, 0.2) is 36.5 Å². The number of aromatic amines is 1. The maximum absolute atomic E-state index is 8.39. The van der Waals surface area contributed by atoms with Crippen molar-refractivity contribution < 1.29 is 0 Å². The predicted molar refractivity (Wildman–Crippen MR) is 80.5 cm³/mol. The Hall–Kier alpha value is -2.30. The number of nitrogens with one attached hydrogen (secondary N) is 2. The zero-order valence-electron chi connectivity index (χ0n) is 12.0. The molecule has 0 saturated carbocycles. The summed E-state index contributed by atoms with van der Waals surface area (Å²) in [4.78, 5) is 4.24. The SMILES string of the molecule is CC(C)(C)N1CN(c2ccccc2)c2[nH]ncc2C1=N. The van der Waals surface area contributed by atoms with E-state index in [1.54, 1.807) is 6.20 Å². The van der Waals surface area contributed by atoms with E-state index in [9.17, 15) is 0 Å². The van der Waals surface area contributed by atoms with Crippen LogP contribution in [0.1, 0.15) is 26.3 Å². The van der Waals surface area contributed by atoms with E-state index < -0.39 is 0 Å². The third kappa shape index (κ3) is 1.95. The van der Waals surface area contributed by atoms with Gasteiger partial charge in [0.25, 0.3) is 0 Å². The first-order valence-electron chi connectivity index (χ1n) is 6.71. The smallest absolute Gasteiger partial charge is 0.141 e. The summed E-state index contributed by atoms with van der Waals surface area (Å²) < 4.78 is 0. The van der Waals surface area contributed by atoms with Gasteiger partial charge in [0, 0.05) is 11.2 Å². The number of amidine groups is 1. The van der Waals surface area contributed by atoms with E-state index in [0.717, 1.165) is 17.1 Å². The summed E-state index contributed by atoms with van der Waals surface area (Å²) in [5.74, 6) is 1.41. The number of anilines is 2. The van der Waals surface area contributed by atoms with Gasteiger partial charge >= 0.3 is 0 Å². The third-order valence-corrected chi connectivity index (χ3v) is 3.57. The van der Waals surface area contributed by atoms with E-state index in [-0.39, 0.29) is 5.54 Å². The second-order valence-corrected chi connectivity index (χ2v) is 5.98. The van der Waals surface area contributed by atoms with Crippen LogP contribution in [0.2, 0.25) is 0 Å². The highest BCUT2D eigenvalue weighted by Crippen LogP contribution is 2.34. The highest BCUT2D eigenvalue weighted by molar-refractivity contribution is 6.03. The van der Waals surface area contributed by atoms with Crippen LogP contribution in [0, 0.1) is 5.41 Å². The maximum atomic E-state index is 8.39. The lowest BCUT2D eigenvalue weighted by Crippen LogP contribution is -2.53. The van der Waals surface area contributed by atoms with Crippen LogP contribution in [-0.2, 0) is 0 Å². The van der Waals surface area contributed by atoms with Crippen molar-refractivity contribution in [3.63, 3.8) is 0 Å². The lowest BCUT2D eigenvalue weighted by atomic mass is 10.0. The van der Waals surface area contributed by atoms with Gasteiger partial charge in [0.2, 0.25) is 0 Å². The molecule has 0 spiro atoms. The van der Waals surface area contributed by atoms with Crippen LogP contribution in [0.4, 0.5) is 11.5 Å². The van der Waals surface area contributed by atoms with E-state index in [0.29, 0.717) is 12.5 Å². The molecule has 2 aromatic rings. The van der Waals surface area contributed by atoms with E-state index >= 15 is 0 Å². The summed E-state index contributed by atoms with van der Waals surface area (Å²) in [6, 6.07) is 10.2. The van der Waals surface area contributed by atoms with Crippen molar-refractivity contribution in [2.24, 2.45) is 0 Å². The topological polar surface area (TPSA) is 59.0 Å². The fourth-order valence-electron chi connectivity index (χ4n) is 2.45. The fourth-order valence-corrected chi connectivity index (χ4v) is 2.45. The zero-order chi connectivity index (χ0) is 14.3. The number of para-hydroxylation sites is 1. The zero-order valence-corrected chi connectivity index (χ0v) is 12.0. The maximum Gasteiger partial charge on any atom is 0.141 e. The molecular formula is C15H19N5. The number of H-pyrrole nitrogens is 1. The Morgan fingerprint density at radius 1 is 1.20 bits per heavy atom. The summed E-state index contributed by atoms with van der Waals surface area (Å²) >= 11 is 0. The van der Waals surface area contributed by atoms with Gasteiger partial charge in [-0.2, -0.15) is 5.10 Å². The van der Waals surface area contributed by atoms with Crippen molar-refractivity contribution in [1.29, 1.82) is 5.41 Å². The van der Waals surface area contributed by atoms with E-state index in [1.807, 2.05) is 18.2 Å². The molecule has 1 aromatic heterocycles. The number of hydrogen-bond donors (Lipinski definition) is 2. The molecule has 1 aliphatic heterocycles. The van der Waals surface area contributed by atoms with E-state index in [1.165, 1.54) is 0 Å². The summed E-state index contributed by atoms with van der Waals surface area (Å²) in [5.41, 5.74) is 1.83. The predicted octanol–water partition coefficient (Wildman–Crippen LogP) is 2.94. The van der Waals surface area contributed by atoms with Crippen molar-refractivity contribution in [1.82, 2.24) is 15.1 Å². The van der Waals surface area contributed by atoms with Crippen LogP contribution < -0.4 is 4.90 Å². The third-order valence-electron chi connectivity index (χ3n) is 3.57. The minimum Gasteiger partial charge on any atom is -0.333 e. The van der Waals surface area contributed by atoms with Gasteiger partial charge in [0.15, 0.2) is 0 Å². The number of hydrogen-bond acceptors (Lipinski definition) is 3. The molecule has 2 heterocycles. The first-order valence-corrected chi connectivity index (χ1v) is 6.71. The first-order chi connectivity index (χ1) is 9.48. The van der Waals surface area contributed by atoms with Gasteiger partial charge in [-0.15, -0.1) is 0 Å². The summed E-state index contributed by atoms with van der Waals surface area (Å²) in [6.07, 6.45) is 1.73. The Kier molecular flexibility index (Phi) is 2.78. The fraction of sp³-hybridized carbons (Fsp3) is 0.333. The molecule has 104 valence electrons. The molecule has 0 saturated heterocycles. The molecule has 5 nitrogen and oxygen atoms in total. The molecule has 0 unspecified atom stereocenters. The second kappa shape index (κ2) is 4.37. The van der Waals surface area contributed by atoms with Crippen LogP contribution in [0.25, 0.3) is 0 Å². The largest absolute Gasteiger partial charge is 0.333 e. The molecule has 0 bridgehead atoms. The lowest BCUT2D eigenvalue weighted by Gasteiger charge is -2.44. The van der Waals surface area contributed by atoms with Gasteiger partial charge in [-0.25, -0.2) is 0 Å². The summed E-state index contributed by atoms with van der Waals surface area (Å²) in [5, 5.41) is 15.5. The Labute approximate surface area is 118 Å². The monoisotopic (exact) mass is 269 g/mol. The van der Waals surface area contributed by atoms with Gasteiger partial charge in [0.1, 0.15) is 11.7 Å². The Morgan fingerprint density at radius 2 is 1.90 bits per heavy atom. The minimum atomic E-state index is -0.112. The average molecular weight is 269 g/mol. The number of nitrogens with zero attached hydrogens (tertiary/aromatic N) is 3. The van der Waals surface area contributed by atoms with Gasteiger partial charge in [-0.3, -0.25) is 10.5 Å². The van der Waals surface area contributed by atoms with Crippen LogP contribution in [0.3, 0.4) is 0 Å². The molecular weight excluding hydrogens is 250 g/mol. The molecule has 20 heavy (non-hydrogen) atoms. The van der Waals surface area contributed by atoms with Crippen LogP contribution >= 0.6 is 0 Å². The molecule has 0 fully saturated rings. The lowest BCUT2D eigenvalue weighted by molar-refractivity contribution is 0.237. The number of rotatable bonds is 1. The van der Waals surface area contributed by atoms with E-state index in [2.05, 4.69) is 52.9 Å².